The van der Waals surface area contributed by atoms with Crippen LogP contribution in [0.1, 0.15) is 37.1 Å². The second kappa shape index (κ2) is 5.99. The fraction of sp³-hybridized carbons (Fsp3) is 0.714. The predicted octanol–water partition coefficient (Wildman–Crippen LogP) is 3.86. The van der Waals surface area contributed by atoms with E-state index >= 15 is 0 Å². The van der Waals surface area contributed by atoms with Crippen molar-refractivity contribution in [3.8, 4) is 0 Å². The molecule has 0 spiro atoms. The van der Waals surface area contributed by atoms with Crippen LogP contribution in [0.5, 0.6) is 0 Å². The van der Waals surface area contributed by atoms with Crippen molar-refractivity contribution in [3.63, 3.8) is 0 Å². The topological polar surface area (TPSA) is 34.9 Å². The Bertz CT molecular complexity index is 539. The Morgan fingerprint density at radius 3 is 2.52 bits per heavy atom. The van der Waals surface area contributed by atoms with Crippen molar-refractivity contribution >= 4 is 17.4 Å². The van der Waals surface area contributed by atoms with Gasteiger partial charge in [-0.25, -0.2) is 0 Å². The number of nitrogens with zero attached hydrogens (tertiary/aromatic N) is 2. The molecule has 7 heteroatoms. The first kappa shape index (κ1) is 16.3. The second-order valence-electron chi connectivity index (χ2n) is 5.65. The standard InChI is InChI=1S/C14H18ClF3N2O/c1-8-13(15)11(20(2)19-8)7-12(21)9-5-3-4-6-10(9)14(16,17)18/h9-10H,3-7H2,1-2H3. The fourth-order valence-electron chi connectivity index (χ4n) is 3.08. The van der Waals surface area contributed by atoms with Crippen molar-refractivity contribution in [2.24, 2.45) is 18.9 Å². The lowest BCUT2D eigenvalue weighted by atomic mass is 9.75. The molecule has 2 rings (SSSR count). The average Bonchev–Trinajstić information content (AvgIpc) is 2.64. The van der Waals surface area contributed by atoms with Crippen LogP contribution in [0, 0.1) is 18.8 Å². The van der Waals surface area contributed by atoms with E-state index in [1.54, 1.807) is 14.0 Å². The van der Waals surface area contributed by atoms with Crippen molar-refractivity contribution < 1.29 is 18.0 Å². The summed E-state index contributed by atoms with van der Waals surface area (Å²) in [6.45, 7) is 1.70. The zero-order valence-corrected chi connectivity index (χ0v) is 12.8. The van der Waals surface area contributed by atoms with Crippen LogP contribution in [0.2, 0.25) is 5.02 Å². The largest absolute Gasteiger partial charge is 0.392 e. The van der Waals surface area contributed by atoms with Gasteiger partial charge in [-0.05, 0) is 19.8 Å². The van der Waals surface area contributed by atoms with Gasteiger partial charge in [-0.2, -0.15) is 18.3 Å². The molecule has 0 amide bonds. The molecule has 2 atom stereocenters. The summed E-state index contributed by atoms with van der Waals surface area (Å²) >= 11 is 6.07. The third kappa shape index (κ3) is 3.42. The van der Waals surface area contributed by atoms with E-state index in [4.69, 9.17) is 11.6 Å². The quantitative estimate of drug-likeness (QED) is 0.847. The van der Waals surface area contributed by atoms with Crippen LogP contribution < -0.4 is 0 Å². The molecule has 21 heavy (non-hydrogen) atoms. The average molecular weight is 323 g/mol. The second-order valence-corrected chi connectivity index (χ2v) is 6.03. The molecule has 0 aromatic carbocycles. The molecule has 1 aliphatic carbocycles. The first-order chi connectivity index (χ1) is 9.71. The Morgan fingerprint density at radius 1 is 1.38 bits per heavy atom. The number of carbonyl (C=O) groups is 1. The van der Waals surface area contributed by atoms with Gasteiger partial charge in [0.05, 0.1) is 28.7 Å². The molecule has 1 saturated carbocycles. The molecular formula is C14H18ClF3N2O. The molecule has 3 nitrogen and oxygen atoms in total. The molecule has 0 bridgehead atoms. The number of rotatable bonds is 3. The van der Waals surface area contributed by atoms with E-state index in [1.807, 2.05) is 0 Å². The summed E-state index contributed by atoms with van der Waals surface area (Å²) in [5, 5.41) is 4.45. The first-order valence-corrected chi connectivity index (χ1v) is 7.37. The highest BCUT2D eigenvalue weighted by Gasteiger charge is 2.47. The summed E-state index contributed by atoms with van der Waals surface area (Å²) < 4.78 is 40.6. The number of hydrogen-bond donors (Lipinski definition) is 0. The highest BCUT2D eigenvalue weighted by atomic mass is 35.5. The van der Waals surface area contributed by atoms with E-state index in [1.165, 1.54) is 4.68 Å². The maximum absolute atomic E-state index is 13.1. The van der Waals surface area contributed by atoms with Gasteiger partial charge >= 0.3 is 6.18 Å². The van der Waals surface area contributed by atoms with E-state index in [0.717, 1.165) is 0 Å². The molecule has 0 saturated heterocycles. The number of carbonyl (C=O) groups excluding carboxylic acids is 1. The van der Waals surface area contributed by atoms with Gasteiger partial charge in [0.2, 0.25) is 0 Å². The van der Waals surface area contributed by atoms with Gasteiger partial charge in [-0.3, -0.25) is 9.48 Å². The zero-order valence-electron chi connectivity index (χ0n) is 12.0. The molecule has 0 aliphatic heterocycles. The van der Waals surface area contributed by atoms with E-state index in [2.05, 4.69) is 5.10 Å². The number of ketones is 1. The van der Waals surface area contributed by atoms with Gasteiger partial charge in [0.25, 0.3) is 0 Å². The molecule has 0 radical (unpaired) electrons. The first-order valence-electron chi connectivity index (χ1n) is 6.99. The molecular weight excluding hydrogens is 305 g/mol. The summed E-state index contributed by atoms with van der Waals surface area (Å²) in [7, 11) is 1.64. The van der Waals surface area contributed by atoms with Crippen LogP contribution in [0.15, 0.2) is 0 Å². The van der Waals surface area contributed by atoms with Crippen LogP contribution >= 0.6 is 11.6 Å². The van der Waals surface area contributed by atoms with E-state index in [0.29, 0.717) is 35.7 Å². The van der Waals surface area contributed by atoms with Crippen LogP contribution in [-0.2, 0) is 18.3 Å². The minimum absolute atomic E-state index is 0.0397. The number of aryl methyl sites for hydroxylation is 2. The number of halogens is 4. The third-order valence-electron chi connectivity index (χ3n) is 4.20. The predicted molar refractivity (Wildman–Crippen MR) is 73.2 cm³/mol. The SMILES string of the molecule is Cc1nn(C)c(CC(=O)C2CCCCC2C(F)(F)F)c1Cl. The molecule has 1 fully saturated rings. The molecule has 1 heterocycles. The molecule has 1 aromatic rings. The Morgan fingerprint density at radius 2 is 2.00 bits per heavy atom. The zero-order chi connectivity index (χ0) is 15.8. The van der Waals surface area contributed by atoms with Crippen LogP contribution in [0.4, 0.5) is 13.2 Å². The summed E-state index contributed by atoms with van der Waals surface area (Å²) in [5.74, 6) is -2.86. The molecule has 2 unspecified atom stereocenters. The highest BCUT2D eigenvalue weighted by molar-refractivity contribution is 6.32. The summed E-state index contributed by atoms with van der Waals surface area (Å²) in [5.41, 5.74) is 1.07. The van der Waals surface area contributed by atoms with Crippen LogP contribution in [0.25, 0.3) is 0 Å². The van der Waals surface area contributed by atoms with E-state index in [-0.39, 0.29) is 18.6 Å². The van der Waals surface area contributed by atoms with Gasteiger partial charge in [-0.15, -0.1) is 0 Å². The fourth-order valence-corrected chi connectivity index (χ4v) is 3.30. The van der Waals surface area contributed by atoms with Gasteiger partial charge in [0.1, 0.15) is 5.78 Å². The number of alkyl halides is 3. The Hall–Kier alpha value is -1.04. The normalized spacial score (nSPS) is 23.3. The number of hydrogen-bond acceptors (Lipinski definition) is 2. The van der Waals surface area contributed by atoms with Gasteiger partial charge in [0, 0.05) is 13.0 Å². The minimum Gasteiger partial charge on any atom is -0.299 e. The Kier molecular flexibility index (Phi) is 4.66. The van der Waals surface area contributed by atoms with Gasteiger partial charge in [0.15, 0.2) is 0 Å². The third-order valence-corrected chi connectivity index (χ3v) is 4.69. The molecule has 118 valence electrons. The Labute approximate surface area is 126 Å². The highest BCUT2D eigenvalue weighted by Crippen LogP contribution is 2.42. The van der Waals surface area contributed by atoms with Crippen molar-refractivity contribution in [1.29, 1.82) is 0 Å². The number of Topliss-reactive ketones (excluding diaryl/α,β-unsaturated/α-hetero) is 1. The van der Waals surface area contributed by atoms with Crippen molar-refractivity contribution in [2.75, 3.05) is 0 Å². The minimum atomic E-state index is -4.31. The van der Waals surface area contributed by atoms with Crippen molar-refractivity contribution in [1.82, 2.24) is 9.78 Å². The van der Waals surface area contributed by atoms with Gasteiger partial charge < -0.3 is 0 Å². The summed E-state index contributed by atoms with van der Waals surface area (Å²) in [6.07, 6.45) is -2.86. The summed E-state index contributed by atoms with van der Waals surface area (Å²) in [4.78, 5) is 12.3. The van der Waals surface area contributed by atoms with E-state index < -0.39 is 18.0 Å². The monoisotopic (exact) mass is 322 g/mol. The molecule has 1 aromatic heterocycles. The Balaban J connectivity index is 2.18. The lowest BCUT2D eigenvalue weighted by molar-refractivity contribution is -0.197. The van der Waals surface area contributed by atoms with Crippen LogP contribution in [0.3, 0.4) is 0 Å². The van der Waals surface area contributed by atoms with Crippen molar-refractivity contribution in [3.05, 3.63) is 16.4 Å². The smallest absolute Gasteiger partial charge is 0.299 e. The number of aromatic nitrogens is 2. The lowest BCUT2D eigenvalue weighted by Gasteiger charge is -2.32. The molecule has 1 aliphatic rings. The van der Waals surface area contributed by atoms with Gasteiger partial charge in [-0.1, -0.05) is 24.4 Å². The maximum atomic E-state index is 13.1. The lowest BCUT2D eigenvalue weighted by Crippen LogP contribution is -2.38. The van der Waals surface area contributed by atoms with Crippen LogP contribution in [-0.4, -0.2) is 21.7 Å². The molecule has 0 N–H and O–H groups in total. The maximum Gasteiger partial charge on any atom is 0.392 e. The van der Waals surface area contributed by atoms with Crippen molar-refractivity contribution in [2.45, 2.75) is 45.2 Å². The van der Waals surface area contributed by atoms with E-state index in [9.17, 15) is 18.0 Å². The summed E-state index contributed by atoms with van der Waals surface area (Å²) in [6, 6.07) is 0.